The molecule has 0 rings (SSSR count). The van der Waals surface area contributed by atoms with Crippen molar-refractivity contribution in [1.82, 2.24) is 0 Å². The van der Waals surface area contributed by atoms with Crippen LogP contribution in [-0.2, 0) is 4.79 Å². The summed E-state index contributed by atoms with van der Waals surface area (Å²) >= 11 is 0. The minimum atomic E-state index is 0.205. The van der Waals surface area contributed by atoms with Crippen LogP contribution in [0.2, 0.25) is 0 Å². The normalized spacial score (nSPS) is 12.1. The second kappa shape index (κ2) is 9.58. The zero-order valence-corrected chi connectivity index (χ0v) is 13.3. The monoisotopic (exact) mass is 254 g/mol. The molecule has 0 atom stereocenters. The third kappa shape index (κ3) is 10.8. The highest BCUT2D eigenvalue weighted by Gasteiger charge is 2.21. The summed E-state index contributed by atoms with van der Waals surface area (Å²) in [6.45, 7) is 11.0. The molecule has 0 aromatic rings. The second-order valence-corrected chi connectivity index (χ2v) is 7.00. The van der Waals surface area contributed by atoms with Gasteiger partial charge in [-0.05, 0) is 17.8 Å². The van der Waals surface area contributed by atoms with Gasteiger partial charge in [-0.25, -0.2) is 0 Å². The van der Waals surface area contributed by atoms with E-state index >= 15 is 0 Å². The van der Waals surface area contributed by atoms with Crippen LogP contribution in [0.25, 0.3) is 0 Å². The summed E-state index contributed by atoms with van der Waals surface area (Å²) in [6, 6.07) is 0. The zero-order chi connectivity index (χ0) is 14.0. The molecule has 1 heteroatoms. The van der Waals surface area contributed by atoms with Gasteiger partial charge in [-0.1, -0.05) is 73.1 Å². The van der Waals surface area contributed by atoms with Gasteiger partial charge in [0.1, 0.15) is 5.78 Å². The number of carbonyl (C=O) groups is 1. The van der Waals surface area contributed by atoms with Gasteiger partial charge in [0.2, 0.25) is 0 Å². The predicted octanol–water partition coefficient (Wildman–Crippen LogP) is 5.77. The van der Waals surface area contributed by atoms with Crippen LogP contribution in [0.4, 0.5) is 0 Å². The lowest BCUT2D eigenvalue weighted by Gasteiger charge is -2.24. The molecule has 0 aromatic carbocycles. The standard InChI is InChI=1S/C17H34O/c1-6-7-8-9-10-11-12-17(4,5)14-16(18)13-15(2)3/h15H,6-14H2,1-5H3. The van der Waals surface area contributed by atoms with E-state index in [4.69, 9.17) is 0 Å². The first-order valence-corrected chi connectivity index (χ1v) is 7.89. The molecular formula is C17H34O. The van der Waals surface area contributed by atoms with Crippen molar-refractivity contribution in [3.8, 4) is 0 Å². The fourth-order valence-corrected chi connectivity index (χ4v) is 2.53. The molecule has 0 amide bonds. The van der Waals surface area contributed by atoms with Crippen LogP contribution in [0.5, 0.6) is 0 Å². The lowest BCUT2D eigenvalue weighted by Crippen LogP contribution is -2.18. The molecule has 0 N–H and O–H groups in total. The van der Waals surface area contributed by atoms with Crippen molar-refractivity contribution in [2.75, 3.05) is 0 Å². The summed E-state index contributed by atoms with van der Waals surface area (Å²) in [6.07, 6.45) is 10.8. The first-order valence-electron chi connectivity index (χ1n) is 7.89. The Kier molecular flexibility index (Phi) is 9.40. The number of unbranched alkanes of at least 4 members (excludes halogenated alkanes) is 5. The molecule has 0 aromatic heterocycles. The molecule has 18 heavy (non-hydrogen) atoms. The summed E-state index contributed by atoms with van der Waals surface area (Å²) in [7, 11) is 0. The van der Waals surface area contributed by atoms with Gasteiger partial charge in [-0.2, -0.15) is 0 Å². The maximum atomic E-state index is 11.8. The summed E-state index contributed by atoms with van der Waals surface area (Å²) in [5.74, 6) is 0.948. The Morgan fingerprint density at radius 2 is 1.56 bits per heavy atom. The SMILES string of the molecule is CCCCCCCCC(C)(C)CC(=O)CC(C)C. The third-order valence-corrected chi connectivity index (χ3v) is 3.52. The molecule has 0 fully saturated rings. The van der Waals surface area contributed by atoms with E-state index in [-0.39, 0.29) is 5.41 Å². The van der Waals surface area contributed by atoms with E-state index in [2.05, 4.69) is 34.6 Å². The van der Waals surface area contributed by atoms with Gasteiger partial charge in [0, 0.05) is 12.8 Å². The summed E-state index contributed by atoms with van der Waals surface area (Å²) in [5, 5.41) is 0. The maximum absolute atomic E-state index is 11.8. The first kappa shape index (κ1) is 17.7. The summed E-state index contributed by atoms with van der Waals surface area (Å²) in [4.78, 5) is 11.8. The topological polar surface area (TPSA) is 17.1 Å². The van der Waals surface area contributed by atoms with Crippen molar-refractivity contribution >= 4 is 5.78 Å². The van der Waals surface area contributed by atoms with E-state index in [1.165, 1.54) is 44.9 Å². The summed E-state index contributed by atoms with van der Waals surface area (Å²) < 4.78 is 0. The minimum Gasteiger partial charge on any atom is -0.300 e. The Hall–Kier alpha value is -0.330. The van der Waals surface area contributed by atoms with Crippen LogP contribution >= 0.6 is 0 Å². The fraction of sp³-hybridized carbons (Fsp3) is 0.941. The third-order valence-electron chi connectivity index (χ3n) is 3.52. The van der Waals surface area contributed by atoms with Gasteiger partial charge in [0.05, 0.1) is 0 Å². The molecule has 0 heterocycles. The van der Waals surface area contributed by atoms with Gasteiger partial charge in [-0.15, -0.1) is 0 Å². The van der Waals surface area contributed by atoms with Crippen LogP contribution in [0.3, 0.4) is 0 Å². The molecule has 0 aliphatic rings. The molecule has 0 saturated carbocycles. The van der Waals surface area contributed by atoms with Crippen LogP contribution in [0, 0.1) is 11.3 Å². The highest BCUT2D eigenvalue weighted by atomic mass is 16.1. The van der Waals surface area contributed by atoms with E-state index in [1.807, 2.05) is 0 Å². The zero-order valence-electron chi connectivity index (χ0n) is 13.3. The van der Waals surface area contributed by atoms with Crippen molar-refractivity contribution in [2.24, 2.45) is 11.3 Å². The first-order chi connectivity index (χ1) is 8.37. The number of carbonyl (C=O) groups excluding carboxylic acids is 1. The second-order valence-electron chi connectivity index (χ2n) is 7.00. The van der Waals surface area contributed by atoms with Crippen LogP contribution < -0.4 is 0 Å². The largest absolute Gasteiger partial charge is 0.300 e. The smallest absolute Gasteiger partial charge is 0.133 e. The molecule has 0 unspecified atom stereocenters. The molecule has 0 bridgehead atoms. The molecule has 0 saturated heterocycles. The highest BCUT2D eigenvalue weighted by Crippen LogP contribution is 2.29. The quantitative estimate of drug-likeness (QED) is 0.428. The Bertz CT molecular complexity index is 216. The van der Waals surface area contributed by atoms with Crippen molar-refractivity contribution in [3.63, 3.8) is 0 Å². The van der Waals surface area contributed by atoms with Crippen LogP contribution in [0.1, 0.15) is 92.4 Å². The van der Waals surface area contributed by atoms with E-state index in [0.29, 0.717) is 11.7 Å². The average molecular weight is 254 g/mol. The molecule has 0 aliphatic heterocycles. The molecular weight excluding hydrogens is 220 g/mol. The number of hydrogen-bond acceptors (Lipinski definition) is 1. The van der Waals surface area contributed by atoms with Crippen molar-refractivity contribution in [1.29, 1.82) is 0 Å². The molecule has 0 spiro atoms. The predicted molar refractivity (Wildman–Crippen MR) is 80.9 cm³/mol. The minimum absolute atomic E-state index is 0.205. The number of ketones is 1. The van der Waals surface area contributed by atoms with Gasteiger partial charge >= 0.3 is 0 Å². The van der Waals surface area contributed by atoms with Gasteiger partial charge in [0.25, 0.3) is 0 Å². The Balaban J connectivity index is 3.69. The van der Waals surface area contributed by atoms with Crippen molar-refractivity contribution in [2.45, 2.75) is 92.4 Å². The molecule has 0 radical (unpaired) electrons. The van der Waals surface area contributed by atoms with Crippen LogP contribution in [-0.4, -0.2) is 5.78 Å². The Morgan fingerprint density at radius 1 is 1.00 bits per heavy atom. The van der Waals surface area contributed by atoms with E-state index in [0.717, 1.165) is 12.8 Å². The van der Waals surface area contributed by atoms with Crippen molar-refractivity contribution in [3.05, 3.63) is 0 Å². The van der Waals surface area contributed by atoms with E-state index < -0.39 is 0 Å². The molecule has 0 aliphatic carbocycles. The Morgan fingerprint density at radius 3 is 2.11 bits per heavy atom. The number of rotatable bonds is 11. The van der Waals surface area contributed by atoms with Gasteiger partial charge in [-0.3, -0.25) is 4.79 Å². The summed E-state index contributed by atoms with van der Waals surface area (Å²) in [5.41, 5.74) is 0.205. The average Bonchev–Trinajstić information content (AvgIpc) is 2.20. The molecule has 1 nitrogen and oxygen atoms in total. The fourth-order valence-electron chi connectivity index (χ4n) is 2.53. The van der Waals surface area contributed by atoms with E-state index in [1.54, 1.807) is 0 Å². The number of hydrogen-bond donors (Lipinski definition) is 0. The Labute approximate surface area is 115 Å². The van der Waals surface area contributed by atoms with Crippen LogP contribution in [0.15, 0.2) is 0 Å². The van der Waals surface area contributed by atoms with Gasteiger partial charge < -0.3 is 0 Å². The maximum Gasteiger partial charge on any atom is 0.133 e. The lowest BCUT2D eigenvalue weighted by atomic mass is 9.81. The molecule has 108 valence electrons. The van der Waals surface area contributed by atoms with E-state index in [9.17, 15) is 4.79 Å². The lowest BCUT2D eigenvalue weighted by molar-refractivity contribution is -0.121. The van der Waals surface area contributed by atoms with Gasteiger partial charge in [0.15, 0.2) is 0 Å². The van der Waals surface area contributed by atoms with Crippen molar-refractivity contribution < 1.29 is 4.79 Å². The highest BCUT2D eigenvalue weighted by molar-refractivity contribution is 5.79. The number of Topliss-reactive ketones (excluding diaryl/α,β-unsaturated/α-hetero) is 1.